The van der Waals surface area contributed by atoms with Gasteiger partial charge in [0, 0.05) is 0 Å². The number of hydrogen-bond acceptors (Lipinski definition) is 2. The van der Waals surface area contributed by atoms with Crippen molar-refractivity contribution >= 4 is 0 Å². The molecule has 0 atom stereocenters. The summed E-state index contributed by atoms with van der Waals surface area (Å²) in [4.78, 5) is 0. The average molecular weight is 448 g/mol. The summed E-state index contributed by atoms with van der Waals surface area (Å²) in [7, 11) is 0. The molecule has 0 heterocycles. The standard InChI is InChI=1S/2C12H7F3O/c2*13-10-5-8(6-11(14)12(10)15)7-1-3-9(16)4-2-7/h2*1-6,16H. The van der Waals surface area contributed by atoms with E-state index >= 15 is 0 Å². The minimum atomic E-state index is -1.48. The van der Waals surface area contributed by atoms with Crippen LogP contribution in [0, 0.1) is 34.9 Å². The molecule has 32 heavy (non-hydrogen) atoms. The first-order valence-corrected chi connectivity index (χ1v) is 9.03. The predicted molar refractivity (Wildman–Crippen MR) is 107 cm³/mol. The van der Waals surface area contributed by atoms with Crippen LogP contribution < -0.4 is 0 Å². The summed E-state index contributed by atoms with van der Waals surface area (Å²) < 4.78 is 77.2. The maximum atomic E-state index is 12.9. The van der Waals surface area contributed by atoms with Crippen LogP contribution in [0.2, 0.25) is 0 Å². The molecule has 4 aromatic carbocycles. The van der Waals surface area contributed by atoms with Crippen LogP contribution in [-0.2, 0) is 0 Å². The van der Waals surface area contributed by atoms with Crippen molar-refractivity contribution < 1.29 is 36.6 Å². The largest absolute Gasteiger partial charge is 0.508 e. The third-order valence-corrected chi connectivity index (χ3v) is 4.37. The van der Waals surface area contributed by atoms with Crippen LogP contribution in [0.4, 0.5) is 26.3 Å². The molecule has 8 heteroatoms. The van der Waals surface area contributed by atoms with Gasteiger partial charge in [-0.05, 0) is 70.8 Å². The lowest BCUT2D eigenvalue weighted by Crippen LogP contribution is -1.91. The molecule has 0 aliphatic rings. The maximum absolute atomic E-state index is 12.9. The van der Waals surface area contributed by atoms with E-state index in [1.807, 2.05) is 0 Å². The van der Waals surface area contributed by atoms with E-state index in [0.717, 1.165) is 24.3 Å². The Hall–Kier alpha value is -3.94. The second kappa shape index (κ2) is 9.47. The maximum Gasteiger partial charge on any atom is 0.194 e. The van der Waals surface area contributed by atoms with Gasteiger partial charge < -0.3 is 10.2 Å². The second-order valence-electron chi connectivity index (χ2n) is 6.60. The lowest BCUT2D eigenvalue weighted by atomic mass is 10.1. The molecule has 0 radical (unpaired) electrons. The van der Waals surface area contributed by atoms with Crippen LogP contribution in [0.25, 0.3) is 22.3 Å². The van der Waals surface area contributed by atoms with E-state index in [0.29, 0.717) is 11.1 Å². The summed E-state index contributed by atoms with van der Waals surface area (Å²) in [5.41, 5.74) is 1.43. The average Bonchev–Trinajstić information content (AvgIpc) is 2.76. The summed E-state index contributed by atoms with van der Waals surface area (Å²) in [6, 6.07) is 15.1. The monoisotopic (exact) mass is 448 g/mol. The first-order valence-electron chi connectivity index (χ1n) is 9.03. The molecule has 0 spiro atoms. The fourth-order valence-electron chi connectivity index (χ4n) is 2.75. The zero-order valence-corrected chi connectivity index (χ0v) is 16.1. The smallest absolute Gasteiger partial charge is 0.194 e. The van der Waals surface area contributed by atoms with Crippen molar-refractivity contribution in [2.45, 2.75) is 0 Å². The molecule has 0 unspecified atom stereocenters. The third kappa shape index (κ3) is 5.21. The Labute approximate surface area is 178 Å². The number of halogens is 6. The van der Waals surface area contributed by atoms with Crippen molar-refractivity contribution in [3.8, 4) is 33.8 Å². The Balaban J connectivity index is 0.000000181. The Morgan fingerprint density at radius 3 is 0.875 bits per heavy atom. The van der Waals surface area contributed by atoms with Crippen molar-refractivity contribution in [2.75, 3.05) is 0 Å². The zero-order valence-electron chi connectivity index (χ0n) is 16.1. The van der Waals surface area contributed by atoms with Crippen LogP contribution in [0.1, 0.15) is 0 Å². The van der Waals surface area contributed by atoms with Gasteiger partial charge in [0.25, 0.3) is 0 Å². The molecular weight excluding hydrogens is 434 g/mol. The number of rotatable bonds is 2. The van der Waals surface area contributed by atoms with E-state index in [2.05, 4.69) is 0 Å². The van der Waals surface area contributed by atoms with Crippen molar-refractivity contribution in [1.29, 1.82) is 0 Å². The molecule has 0 aliphatic carbocycles. The number of benzene rings is 4. The van der Waals surface area contributed by atoms with E-state index in [-0.39, 0.29) is 22.6 Å². The van der Waals surface area contributed by atoms with Crippen LogP contribution >= 0.6 is 0 Å². The Bertz CT molecular complexity index is 1090. The SMILES string of the molecule is Oc1ccc(-c2cc(F)c(F)c(F)c2)cc1.Oc1ccc(-c2cc(F)c(F)c(F)c2)cc1. The molecule has 2 nitrogen and oxygen atoms in total. The highest BCUT2D eigenvalue weighted by atomic mass is 19.2. The van der Waals surface area contributed by atoms with Gasteiger partial charge in [-0.1, -0.05) is 24.3 Å². The van der Waals surface area contributed by atoms with Crippen LogP contribution in [-0.4, -0.2) is 10.2 Å². The first-order chi connectivity index (χ1) is 15.2. The van der Waals surface area contributed by atoms with E-state index in [1.54, 1.807) is 0 Å². The highest BCUT2D eigenvalue weighted by molar-refractivity contribution is 5.65. The van der Waals surface area contributed by atoms with Crippen molar-refractivity contribution in [2.24, 2.45) is 0 Å². The highest BCUT2D eigenvalue weighted by Gasteiger charge is 2.12. The lowest BCUT2D eigenvalue weighted by Gasteiger charge is -2.03. The topological polar surface area (TPSA) is 40.5 Å². The summed E-state index contributed by atoms with van der Waals surface area (Å²) in [5, 5.41) is 18.1. The van der Waals surface area contributed by atoms with Crippen molar-refractivity contribution in [3.05, 3.63) is 108 Å². The molecule has 0 aliphatic heterocycles. The molecule has 0 amide bonds. The van der Waals surface area contributed by atoms with Crippen LogP contribution in [0.15, 0.2) is 72.8 Å². The van der Waals surface area contributed by atoms with Gasteiger partial charge in [-0.25, -0.2) is 26.3 Å². The second-order valence-corrected chi connectivity index (χ2v) is 6.60. The van der Waals surface area contributed by atoms with Gasteiger partial charge in [-0.3, -0.25) is 0 Å². The van der Waals surface area contributed by atoms with Gasteiger partial charge in [-0.2, -0.15) is 0 Å². The predicted octanol–water partition coefficient (Wildman–Crippen LogP) is 6.95. The Morgan fingerprint density at radius 1 is 0.375 bits per heavy atom. The van der Waals surface area contributed by atoms with E-state index < -0.39 is 34.9 Å². The molecule has 0 bridgehead atoms. The molecule has 2 N–H and O–H groups in total. The Kier molecular flexibility index (Phi) is 6.73. The van der Waals surface area contributed by atoms with E-state index in [1.165, 1.54) is 48.5 Å². The normalized spacial score (nSPS) is 10.4. The van der Waals surface area contributed by atoms with Gasteiger partial charge in [0.1, 0.15) is 11.5 Å². The minimum absolute atomic E-state index is 0.0480. The molecule has 0 aromatic heterocycles. The van der Waals surface area contributed by atoms with Crippen LogP contribution in [0.3, 0.4) is 0 Å². The molecule has 164 valence electrons. The minimum Gasteiger partial charge on any atom is -0.508 e. The zero-order chi connectivity index (χ0) is 23.4. The van der Waals surface area contributed by atoms with Crippen molar-refractivity contribution in [1.82, 2.24) is 0 Å². The molecule has 4 rings (SSSR count). The van der Waals surface area contributed by atoms with E-state index in [4.69, 9.17) is 10.2 Å². The van der Waals surface area contributed by atoms with Gasteiger partial charge in [0.2, 0.25) is 0 Å². The molecule has 0 fully saturated rings. The first kappa shape index (κ1) is 22.7. The van der Waals surface area contributed by atoms with Crippen LogP contribution in [0.5, 0.6) is 11.5 Å². The summed E-state index contributed by atoms with van der Waals surface area (Å²) >= 11 is 0. The number of aromatic hydroxyl groups is 2. The van der Waals surface area contributed by atoms with Gasteiger partial charge in [0.05, 0.1) is 0 Å². The summed E-state index contributed by atoms with van der Waals surface area (Å²) in [6.07, 6.45) is 0. The molecule has 4 aromatic rings. The van der Waals surface area contributed by atoms with Crippen molar-refractivity contribution in [3.63, 3.8) is 0 Å². The van der Waals surface area contributed by atoms with E-state index in [9.17, 15) is 26.3 Å². The molecule has 0 saturated carbocycles. The number of hydrogen-bond donors (Lipinski definition) is 2. The highest BCUT2D eigenvalue weighted by Crippen LogP contribution is 2.26. The van der Waals surface area contributed by atoms with Gasteiger partial charge >= 0.3 is 0 Å². The number of phenolic OH excluding ortho intramolecular Hbond substituents is 2. The fourth-order valence-corrected chi connectivity index (χ4v) is 2.75. The lowest BCUT2D eigenvalue weighted by molar-refractivity contribution is 0.447. The Morgan fingerprint density at radius 2 is 0.625 bits per heavy atom. The summed E-state index contributed by atoms with van der Waals surface area (Å²) in [5.74, 6) is -7.80. The molecular formula is C24H14F6O2. The quantitative estimate of drug-likeness (QED) is 0.257. The third-order valence-electron chi connectivity index (χ3n) is 4.37. The van der Waals surface area contributed by atoms with Gasteiger partial charge in [-0.15, -0.1) is 0 Å². The fraction of sp³-hybridized carbons (Fsp3) is 0. The number of phenols is 2. The molecule has 0 saturated heterocycles. The summed E-state index contributed by atoms with van der Waals surface area (Å²) in [6.45, 7) is 0. The van der Waals surface area contributed by atoms with Gasteiger partial charge in [0.15, 0.2) is 34.9 Å².